The average molecular weight is 337 g/mol. The number of hydrogen-bond acceptors (Lipinski definition) is 5. The highest BCUT2D eigenvalue weighted by molar-refractivity contribution is 7.89. The predicted molar refractivity (Wildman–Crippen MR) is 89.5 cm³/mol. The van der Waals surface area contributed by atoms with Crippen LogP contribution in [-0.4, -0.2) is 41.1 Å². The lowest BCUT2D eigenvalue weighted by molar-refractivity contribution is 0.459. The van der Waals surface area contributed by atoms with E-state index in [1.54, 1.807) is 36.0 Å². The first-order valence-corrected chi connectivity index (χ1v) is 9.02. The number of aromatic nitrogens is 3. The van der Waals surface area contributed by atoms with Crippen molar-refractivity contribution in [3.63, 3.8) is 0 Å². The van der Waals surface area contributed by atoms with Crippen molar-refractivity contribution >= 4 is 15.7 Å². The predicted octanol–water partition coefficient (Wildman–Crippen LogP) is 1.85. The van der Waals surface area contributed by atoms with Gasteiger partial charge in [0.05, 0.1) is 11.4 Å². The fourth-order valence-electron chi connectivity index (χ4n) is 2.09. The van der Waals surface area contributed by atoms with E-state index in [1.165, 1.54) is 10.6 Å². The average Bonchev–Trinajstić information content (AvgIpc) is 2.96. The Morgan fingerprint density at radius 2 is 1.96 bits per heavy atom. The molecular formula is C15H23N5O2S. The van der Waals surface area contributed by atoms with E-state index in [0.717, 1.165) is 24.4 Å². The topological polar surface area (TPSA) is 80.1 Å². The Hall–Kier alpha value is -1.93. The Morgan fingerprint density at radius 3 is 2.52 bits per heavy atom. The van der Waals surface area contributed by atoms with Crippen LogP contribution in [0, 0.1) is 0 Å². The zero-order valence-electron chi connectivity index (χ0n) is 13.7. The molecular weight excluding hydrogens is 314 g/mol. The molecule has 7 nitrogen and oxygen atoms in total. The molecule has 0 spiro atoms. The summed E-state index contributed by atoms with van der Waals surface area (Å²) in [5.74, 6) is 0.806. The summed E-state index contributed by atoms with van der Waals surface area (Å²) in [4.78, 5) is 4.43. The van der Waals surface area contributed by atoms with Crippen molar-refractivity contribution in [2.75, 3.05) is 18.9 Å². The molecule has 23 heavy (non-hydrogen) atoms. The molecule has 2 aromatic rings. The number of aryl methyl sites for hydroxylation is 1. The molecule has 0 amide bonds. The lowest BCUT2D eigenvalue weighted by Crippen LogP contribution is -2.27. The summed E-state index contributed by atoms with van der Waals surface area (Å²) in [7, 11) is 0.0278. The van der Waals surface area contributed by atoms with Crippen LogP contribution < -0.4 is 5.32 Å². The SMILES string of the molecule is CCCCN(C)S(=O)(=O)c1ccc(NCc2ncnn2C)cc1. The van der Waals surface area contributed by atoms with E-state index in [-0.39, 0.29) is 0 Å². The molecule has 126 valence electrons. The van der Waals surface area contributed by atoms with E-state index < -0.39 is 10.0 Å². The van der Waals surface area contributed by atoms with Crippen LogP contribution in [0.2, 0.25) is 0 Å². The van der Waals surface area contributed by atoms with Crippen molar-refractivity contribution in [3.8, 4) is 0 Å². The highest BCUT2D eigenvalue weighted by atomic mass is 32.2. The quantitative estimate of drug-likeness (QED) is 0.795. The minimum Gasteiger partial charge on any atom is -0.378 e. The number of sulfonamides is 1. The fourth-order valence-corrected chi connectivity index (χ4v) is 3.30. The van der Waals surface area contributed by atoms with Gasteiger partial charge in [-0.05, 0) is 30.7 Å². The first kappa shape index (κ1) is 17.4. The summed E-state index contributed by atoms with van der Waals surface area (Å²) in [6.45, 7) is 3.10. The molecule has 0 unspecified atom stereocenters. The van der Waals surface area contributed by atoms with Gasteiger partial charge in [-0.3, -0.25) is 4.68 Å². The van der Waals surface area contributed by atoms with Gasteiger partial charge in [0.1, 0.15) is 12.2 Å². The molecule has 1 N–H and O–H groups in total. The van der Waals surface area contributed by atoms with Gasteiger partial charge in [-0.2, -0.15) is 5.10 Å². The van der Waals surface area contributed by atoms with Gasteiger partial charge in [-0.15, -0.1) is 0 Å². The summed E-state index contributed by atoms with van der Waals surface area (Å²) in [5.41, 5.74) is 0.836. The molecule has 0 radical (unpaired) electrons. The first-order valence-electron chi connectivity index (χ1n) is 7.58. The number of nitrogens with one attached hydrogen (secondary N) is 1. The lowest BCUT2D eigenvalue weighted by atomic mass is 10.3. The molecule has 1 heterocycles. The standard InChI is InChI=1S/C15H23N5O2S/c1-4-5-10-19(2)23(21,22)14-8-6-13(7-9-14)16-11-15-17-12-18-20(15)3/h6-9,12,16H,4-5,10-11H2,1-3H3. The number of unbranched alkanes of at least 4 members (excludes halogenated alkanes) is 1. The Labute approximate surface area is 137 Å². The smallest absolute Gasteiger partial charge is 0.242 e. The normalized spacial score (nSPS) is 11.8. The van der Waals surface area contributed by atoms with Gasteiger partial charge in [0.2, 0.25) is 10.0 Å². The Kier molecular flexibility index (Phi) is 5.73. The Morgan fingerprint density at radius 1 is 1.26 bits per heavy atom. The Balaban J connectivity index is 2.02. The molecule has 0 aliphatic carbocycles. The van der Waals surface area contributed by atoms with Crippen molar-refractivity contribution in [3.05, 3.63) is 36.4 Å². The van der Waals surface area contributed by atoms with Gasteiger partial charge in [0.15, 0.2) is 0 Å². The molecule has 1 aromatic carbocycles. The third kappa shape index (κ3) is 4.29. The van der Waals surface area contributed by atoms with Crippen LogP contribution in [0.5, 0.6) is 0 Å². The van der Waals surface area contributed by atoms with Crippen molar-refractivity contribution in [2.45, 2.75) is 31.2 Å². The number of rotatable bonds is 8. The second-order valence-corrected chi connectivity index (χ2v) is 7.40. The van der Waals surface area contributed by atoms with Gasteiger partial charge >= 0.3 is 0 Å². The van der Waals surface area contributed by atoms with E-state index >= 15 is 0 Å². The second kappa shape index (κ2) is 7.56. The molecule has 0 atom stereocenters. The van der Waals surface area contributed by atoms with Gasteiger partial charge in [0, 0.05) is 26.3 Å². The molecule has 2 rings (SSSR count). The van der Waals surface area contributed by atoms with E-state index in [4.69, 9.17) is 0 Å². The van der Waals surface area contributed by atoms with Crippen molar-refractivity contribution < 1.29 is 8.42 Å². The minimum absolute atomic E-state index is 0.306. The van der Waals surface area contributed by atoms with E-state index in [2.05, 4.69) is 15.4 Å². The van der Waals surface area contributed by atoms with Crippen LogP contribution in [0.4, 0.5) is 5.69 Å². The van der Waals surface area contributed by atoms with Gasteiger partial charge in [-0.1, -0.05) is 13.3 Å². The maximum absolute atomic E-state index is 12.4. The second-order valence-electron chi connectivity index (χ2n) is 5.36. The molecule has 0 aliphatic rings. The minimum atomic E-state index is -3.41. The largest absolute Gasteiger partial charge is 0.378 e. The molecule has 0 fully saturated rings. The highest BCUT2D eigenvalue weighted by Gasteiger charge is 2.19. The lowest BCUT2D eigenvalue weighted by Gasteiger charge is -2.17. The van der Waals surface area contributed by atoms with Crippen molar-refractivity contribution in [1.29, 1.82) is 0 Å². The molecule has 0 aliphatic heterocycles. The molecule has 0 saturated carbocycles. The fraction of sp³-hybridized carbons (Fsp3) is 0.467. The Bertz CT molecular complexity index is 725. The van der Waals surface area contributed by atoms with Crippen LogP contribution >= 0.6 is 0 Å². The summed E-state index contributed by atoms with van der Waals surface area (Å²) < 4.78 is 27.9. The van der Waals surface area contributed by atoms with E-state index in [1.807, 2.05) is 14.0 Å². The summed E-state index contributed by atoms with van der Waals surface area (Å²) >= 11 is 0. The van der Waals surface area contributed by atoms with E-state index in [0.29, 0.717) is 18.0 Å². The third-order valence-electron chi connectivity index (χ3n) is 3.64. The van der Waals surface area contributed by atoms with Crippen LogP contribution in [0.25, 0.3) is 0 Å². The third-order valence-corrected chi connectivity index (χ3v) is 5.52. The summed E-state index contributed by atoms with van der Waals surface area (Å²) in [5, 5.41) is 7.20. The summed E-state index contributed by atoms with van der Waals surface area (Å²) in [6, 6.07) is 6.77. The monoisotopic (exact) mass is 337 g/mol. The van der Waals surface area contributed by atoms with Crippen LogP contribution in [0.1, 0.15) is 25.6 Å². The van der Waals surface area contributed by atoms with Gasteiger partial charge in [0.25, 0.3) is 0 Å². The van der Waals surface area contributed by atoms with Gasteiger partial charge in [-0.25, -0.2) is 17.7 Å². The molecule has 0 bridgehead atoms. The molecule has 0 saturated heterocycles. The zero-order chi connectivity index (χ0) is 16.9. The molecule has 8 heteroatoms. The number of benzene rings is 1. The number of nitrogens with zero attached hydrogens (tertiary/aromatic N) is 4. The van der Waals surface area contributed by atoms with Crippen molar-refractivity contribution in [1.82, 2.24) is 19.1 Å². The van der Waals surface area contributed by atoms with E-state index in [9.17, 15) is 8.42 Å². The maximum Gasteiger partial charge on any atom is 0.242 e. The first-order chi connectivity index (χ1) is 10.9. The van der Waals surface area contributed by atoms with Crippen LogP contribution in [0.15, 0.2) is 35.5 Å². The number of anilines is 1. The summed E-state index contributed by atoms with van der Waals surface area (Å²) in [6.07, 6.45) is 3.32. The van der Waals surface area contributed by atoms with Crippen molar-refractivity contribution in [2.24, 2.45) is 7.05 Å². The highest BCUT2D eigenvalue weighted by Crippen LogP contribution is 2.18. The van der Waals surface area contributed by atoms with Crippen LogP contribution in [0.3, 0.4) is 0 Å². The van der Waals surface area contributed by atoms with Crippen LogP contribution in [-0.2, 0) is 23.6 Å². The zero-order valence-corrected chi connectivity index (χ0v) is 14.5. The molecule has 1 aromatic heterocycles. The maximum atomic E-state index is 12.4. The number of hydrogen-bond donors (Lipinski definition) is 1. The van der Waals surface area contributed by atoms with Gasteiger partial charge < -0.3 is 5.32 Å².